The van der Waals surface area contributed by atoms with Crippen molar-refractivity contribution < 1.29 is 0 Å². The Morgan fingerprint density at radius 3 is 1.74 bits per heavy atom. The smallest absolute Gasteiger partial charge is 0.160 e. The van der Waals surface area contributed by atoms with Crippen LogP contribution in [-0.4, -0.2) is 14.5 Å². The standard InChI is InChI=1S/C58H37N3/c1-3-16-41(17-4-1)58-59-53(40-31-29-39(30-32-40)48-26-14-27-51-49-25-11-12-28-55(49)61(57(48)51)45-21-5-2-6-22-45)37-54(60-58)43-19-13-20-44(35-43)56-47-24-10-8-18-42(47)36-52-46-23-9-7-15-38(46)33-34-50(52)56/h1-37H. The van der Waals surface area contributed by atoms with E-state index in [0.717, 1.165) is 44.9 Å². The minimum atomic E-state index is 0.696. The van der Waals surface area contributed by atoms with Gasteiger partial charge in [-0.05, 0) is 85.4 Å². The second-order valence-electron chi connectivity index (χ2n) is 15.7. The first-order valence-electron chi connectivity index (χ1n) is 20.8. The molecule has 284 valence electrons. The maximum Gasteiger partial charge on any atom is 0.160 e. The average Bonchev–Trinajstić information content (AvgIpc) is 3.68. The first-order valence-corrected chi connectivity index (χ1v) is 20.8. The van der Waals surface area contributed by atoms with Crippen LogP contribution in [0.25, 0.3) is 116 Å². The molecular formula is C58H37N3. The zero-order valence-electron chi connectivity index (χ0n) is 33.2. The second kappa shape index (κ2) is 14.3. The van der Waals surface area contributed by atoms with Crippen molar-refractivity contribution in [1.82, 2.24) is 14.5 Å². The molecule has 3 nitrogen and oxygen atoms in total. The molecule has 12 aromatic rings. The lowest BCUT2D eigenvalue weighted by Gasteiger charge is -2.15. The molecule has 0 saturated carbocycles. The van der Waals surface area contributed by atoms with Gasteiger partial charge in [0.15, 0.2) is 5.82 Å². The van der Waals surface area contributed by atoms with Crippen molar-refractivity contribution >= 4 is 54.1 Å². The largest absolute Gasteiger partial charge is 0.309 e. The number of rotatable bonds is 6. The molecule has 10 aromatic carbocycles. The predicted octanol–water partition coefficient (Wildman–Crippen LogP) is 15.4. The van der Waals surface area contributed by atoms with Crippen LogP contribution in [-0.2, 0) is 0 Å². The Morgan fingerprint density at radius 1 is 0.311 bits per heavy atom. The quantitative estimate of drug-likeness (QED) is 0.124. The van der Waals surface area contributed by atoms with Gasteiger partial charge in [-0.1, -0.05) is 188 Å². The summed E-state index contributed by atoms with van der Waals surface area (Å²) in [4.78, 5) is 10.5. The van der Waals surface area contributed by atoms with Crippen LogP contribution >= 0.6 is 0 Å². The molecule has 0 aliphatic rings. The number of benzene rings is 10. The summed E-state index contributed by atoms with van der Waals surface area (Å²) >= 11 is 0. The van der Waals surface area contributed by atoms with Crippen LogP contribution < -0.4 is 0 Å². The Hall–Kier alpha value is -8.14. The highest BCUT2D eigenvalue weighted by Crippen LogP contribution is 2.42. The lowest BCUT2D eigenvalue weighted by molar-refractivity contribution is 1.18. The topological polar surface area (TPSA) is 30.7 Å². The van der Waals surface area contributed by atoms with Crippen molar-refractivity contribution in [2.45, 2.75) is 0 Å². The second-order valence-corrected chi connectivity index (χ2v) is 15.7. The number of fused-ring (bicyclic) bond motifs is 7. The number of aromatic nitrogens is 3. The van der Waals surface area contributed by atoms with Gasteiger partial charge >= 0.3 is 0 Å². The zero-order chi connectivity index (χ0) is 40.3. The molecule has 0 aliphatic carbocycles. The first-order chi connectivity index (χ1) is 30.2. The van der Waals surface area contributed by atoms with E-state index in [0.29, 0.717) is 5.82 Å². The van der Waals surface area contributed by atoms with Gasteiger partial charge < -0.3 is 4.57 Å². The summed E-state index contributed by atoms with van der Waals surface area (Å²) in [5.41, 5.74) is 13.1. The van der Waals surface area contributed by atoms with Crippen molar-refractivity contribution in [3.05, 3.63) is 224 Å². The van der Waals surface area contributed by atoms with Gasteiger partial charge in [-0.3, -0.25) is 0 Å². The highest BCUT2D eigenvalue weighted by atomic mass is 15.0. The molecule has 0 unspecified atom stereocenters. The molecular weight excluding hydrogens is 739 g/mol. The van der Waals surface area contributed by atoms with Gasteiger partial charge in [0.2, 0.25) is 0 Å². The molecule has 0 amide bonds. The zero-order valence-corrected chi connectivity index (χ0v) is 33.2. The van der Waals surface area contributed by atoms with Crippen molar-refractivity contribution in [3.8, 4) is 61.8 Å². The van der Waals surface area contributed by atoms with Crippen LogP contribution in [0.3, 0.4) is 0 Å². The minimum Gasteiger partial charge on any atom is -0.309 e. The van der Waals surface area contributed by atoms with Gasteiger partial charge in [-0.25, -0.2) is 9.97 Å². The van der Waals surface area contributed by atoms with E-state index in [9.17, 15) is 0 Å². The van der Waals surface area contributed by atoms with E-state index in [4.69, 9.17) is 9.97 Å². The summed E-state index contributed by atoms with van der Waals surface area (Å²) in [5.74, 6) is 0.696. The summed E-state index contributed by atoms with van der Waals surface area (Å²) in [7, 11) is 0. The summed E-state index contributed by atoms with van der Waals surface area (Å²) in [6.07, 6.45) is 0. The molecule has 0 fully saturated rings. The Kier molecular flexibility index (Phi) is 8.17. The molecule has 0 N–H and O–H groups in total. The maximum atomic E-state index is 5.24. The van der Waals surface area contributed by atoms with E-state index in [1.165, 1.54) is 65.3 Å². The van der Waals surface area contributed by atoms with Gasteiger partial charge in [0, 0.05) is 38.7 Å². The lowest BCUT2D eigenvalue weighted by Crippen LogP contribution is -1.96. The monoisotopic (exact) mass is 775 g/mol. The molecule has 61 heavy (non-hydrogen) atoms. The number of hydrogen-bond acceptors (Lipinski definition) is 2. The van der Waals surface area contributed by atoms with Crippen molar-refractivity contribution in [2.24, 2.45) is 0 Å². The van der Waals surface area contributed by atoms with Crippen LogP contribution in [0.4, 0.5) is 0 Å². The molecule has 0 aliphatic heterocycles. The van der Waals surface area contributed by atoms with E-state index in [2.05, 4.69) is 211 Å². The third-order valence-corrected chi connectivity index (χ3v) is 12.2. The van der Waals surface area contributed by atoms with Gasteiger partial charge in [0.25, 0.3) is 0 Å². The third kappa shape index (κ3) is 5.90. The highest BCUT2D eigenvalue weighted by Gasteiger charge is 2.18. The van der Waals surface area contributed by atoms with Crippen LogP contribution in [0.5, 0.6) is 0 Å². The minimum absolute atomic E-state index is 0.696. The molecule has 0 radical (unpaired) electrons. The first kappa shape index (κ1) is 34.9. The maximum absolute atomic E-state index is 5.24. The van der Waals surface area contributed by atoms with Crippen molar-refractivity contribution in [3.63, 3.8) is 0 Å². The van der Waals surface area contributed by atoms with Crippen LogP contribution in [0.2, 0.25) is 0 Å². The van der Waals surface area contributed by atoms with Gasteiger partial charge in [-0.2, -0.15) is 0 Å². The fourth-order valence-corrected chi connectivity index (χ4v) is 9.34. The molecule has 0 saturated heterocycles. The Bertz CT molecular complexity index is 3620. The van der Waals surface area contributed by atoms with E-state index < -0.39 is 0 Å². The van der Waals surface area contributed by atoms with Gasteiger partial charge in [0.1, 0.15) is 0 Å². The predicted molar refractivity (Wildman–Crippen MR) is 256 cm³/mol. The molecule has 0 atom stereocenters. The number of hydrogen-bond donors (Lipinski definition) is 0. The number of para-hydroxylation sites is 3. The summed E-state index contributed by atoms with van der Waals surface area (Å²) in [6.45, 7) is 0. The van der Waals surface area contributed by atoms with Crippen LogP contribution in [0, 0.1) is 0 Å². The van der Waals surface area contributed by atoms with Gasteiger partial charge in [-0.15, -0.1) is 0 Å². The average molecular weight is 776 g/mol. The Balaban J connectivity index is 1.00. The molecule has 0 bridgehead atoms. The number of nitrogens with zero attached hydrogens (tertiary/aromatic N) is 3. The summed E-state index contributed by atoms with van der Waals surface area (Å²) < 4.78 is 2.40. The Morgan fingerprint density at radius 2 is 0.918 bits per heavy atom. The SMILES string of the molecule is c1ccc(-c2nc(-c3ccc(-c4cccc5c6ccccc6n(-c6ccccc6)c45)cc3)cc(-c3cccc(-c4c5ccccc5cc5c4ccc4ccccc45)c3)n2)cc1. The highest BCUT2D eigenvalue weighted by molar-refractivity contribution is 6.20. The van der Waals surface area contributed by atoms with Gasteiger partial charge in [0.05, 0.1) is 22.4 Å². The molecule has 0 spiro atoms. The van der Waals surface area contributed by atoms with Crippen LogP contribution in [0.15, 0.2) is 224 Å². The molecule has 2 heterocycles. The van der Waals surface area contributed by atoms with Crippen LogP contribution in [0.1, 0.15) is 0 Å². The van der Waals surface area contributed by atoms with Crippen molar-refractivity contribution in [1.29, 1.82) is 0 Å². The lowest BCUT2D eigenvalue weighted by atomic mass is 9.89. The third-order valence-electron chi connectivity index (χ3n) is 12.2. The van der Waals surface area contributed by atoms with E-state index in [-0.39, 0.29) is 0 Å². The van der Waals surface area contributed by atoms with E-state index in [1.54, 1.807) is 0 Å². The van der Waals surface area contributed by atoms with E-state index >= 15 is 0 Å². The summed E-state index contributed by atoms with van der Waals surface area (Å²) in [6, 6.07) is 80.5. The van der Waals surface area contributed by atoms with E-state index in [1.807, 2.05) is 18.2 Å². The summed E-state index contributed by atoms with van der Waals surface area (Å²) in [5, 5.41) is 9.94. The fourth-order valence-electron chi connectivity index (χ4n) is 9.34. The normalized spacial score (nSPS) is 11.6. The molecule has 2 aromatic heterocycles. The fraction of sp³-hybridized carbons (Fsp3) is 0. The molecule has 3 heteroatoms. The molecule has 12 rings (SSSR count). The Labute approximate surface area is 353 Å². The van der Waals surface area contributed by atoms with Crippen molar-refractivity contribution in [2.75, 3.05) is 0 Å².